The molecule has 0 saturated carbocycles. The highest BCUT2D eigenvalue weighted by Gasteiger charge is 2.18. The zero-order valence-electron chi connectivity index (χ0n) is 16.5. The van der Waals surface area contributed by atoms with Gasteiger partial charge in [-0.3, -0.25) is 4.79 Å². The second-order valence-corrected chi connectivity index (χ2v) is 6.99. The summed E-state index contributed by atoms with van der Waals surface area (Å²) in [6, 6.07) is 13.1. The van der Waals surface area contributed by atoms with Gasteiger partial charge in [0.05, 0.1) is 13.2 Å². The average Bonchev–Trinajstić information content (AvgIpc) is 3.22. The van der Waals surface area contributed by atoms with E-state index >= 15 is 0 Å². The highest BCUT2D eigenvalue weighted by Crippen LogP contribution is 2.29. The number of ether oxygens (including phenoxy) is 2. The predicted octanol–water partition coefficient (Wildman–Crippen LogP) is 3.51. The van der Waals surface area contributed by atoms with Gasteiger partial charge in [-0.05, 0) is 60.1 Å². The number of amides is 1. The van der Waals surface area contributed by atoms with Crippen LogP contribution in [0, 0.1) is 23.7 Å². The minimum absolute atomic E-state index is 0.163. The van der Waals surface area contributed by atoms with Crippen LogP contribution in [0.1, 0.15) is 41.1 Å². The largest absolute Gasteiger partial charge is 0.493 e. The van der Waals surface area contributed by atoms with Crippen LogP contribution >= 0.6 is 0 Å². The third-order valence-electron chi connectivity index (χ3n) is 5.07. The molecule has 1 amide bonds. The smallest absolute Gasteiger partial charge is 0.221 e. The molecular weight excluding hydrogens is 364 g/mol. The molecule has 1 unspecified atom stereocenters. The van der Waals surface area contributed by atoms with E-state index in [1.54, 1.807) is 13.2 Å². The molecule has 1 aliphatic carbocycles. The molecule has 5 heteroatoms. The third-order valence-corrected chi connectivity index (χ3v) is 5.07. The first kappa shape index (κ1) is 20.3. The maximum atomic E-state index is 12.4. The lowest BCUT2D eigenvalue weighted by atomic mass is 10.0. The van der Waals surface area contributed by atoms with Crippen molar-refractivity contribution in [2.45, 2.75) is 38.1 Å². The molecular formula is C24H24N2O3. The van der Waals surface area contributed by atoms with E-state index < -0.39 is 6.04 Å². The first-order valence-corrected chi connectivity index (χ1v) is 9.68. The number of rotatable bonds is 8. The first-order valence-electron chi connectivity index (χ1n) is 9.68. The summed E-state index contributed by atoms with van der Waals surface area (Å²) in [5, 5.41) is 12.4. The molecule has 0 saturated heterocycles. The lowest BCUT2D eigenvalue weighted by Gasteiger charge is -2.14. The monoisotopic (exact) mass is 388 g/mol. The van der Waals surface area contributed by atoms with E-state index in [1.807, 2.05) is 18.2 Å². The van der Waals surface area contributed by atoms with Crippen molar-refractivity contribution in [1.82, 2.24) is 5.32 Å². The van der Waals surface area contributed by atoms with E-state index in [0.29, 0.717) is 17.9 Å². The minimum atomic E-state index is -0.637. The Morgan fingerprint density at radius 3 is 2.79 bits per heavy atom. The molecule has 0 fully saturated rings. The second-order valence-electron chi connectivity index (χ2n) is 6.99. The normalized spacial score (nSPS) is 12.9. The van der Waals surface area contributed by atoms with Crippen LogP contribution in [0.3, 0.4) is 0 Å². The van der Waals surface area contributed by atoms with E-state index in [0.717, 1.165) is 30.4 Å². The molecule has 2 aromatic rings. The van der Waals surface area contributed by atoms with Crippen LogP contribution in [0.4, 0.5) is 0 Å². The van der Waals surface area contributed by atoms with Crippen molar-refractivity contribution in [1.29, 1.82) is 5.26 Å². The number of aryl methyl sites for hydroxylation is 3. The van der Waals surface area contributed by atoms with E-state index in [4.69, 9.17) is 15.9 Å². The predicted molar refractivity (Wildman–Crippen MR) is 111 cm³/mol. The summed E-state index contributed by atoms with van der Waals surface area (Å²) in [7, 11) is 1.56. The Kier molecular flexibility index (Phi) is 6.76. The number of carbonyl (C=O) groups excluding carboxylic acids is 1. The standard InChI is InChI=1S/C24H24N2O3/c1-3-13-29-22-11-7-17(14-23(22)28-2)8-12-24(27)26-21(16-25)20-10-9-18-5-4-6-19(18)15-20/h1,7,9-11,14-15,21H,4-6,8,12-13H2,2H3,(H,26,27). The highest BCUT2D eigenvalue weighted by atomic mass is 16.5. The molecule has 1 atom stereocenters. The second kappa shape index (κ2) is 9.66. The van der Waals surface area contributed by atoms with Gasteiger partial charge in [0, 0.05) is 6.42 Å². The zero-order chi connectivity index (χ0) is 20.6. The van der Waals surface area contributed by atoms with Gasteiger partial charge >= 0.3 is 0 Å². The van der Waals surface area contributed by atoms with Gasteiger partial charge in [0.25, 0.3) is 0 Å². The van der Waals surface area contributed by atoms with Gasteiger partial charge in [-0.1, -0.05) is 30.2 Å². The Bertz CT molecular complexity index is 969. The maximum Gasteiger partial charge on any atom is 0.221 e. The van der Waals surface area contributed by atoms with Crippen LogP contribution in [0.5, 0.6) is 11.5 Å². The van der Waals surface area contributed by atoms with Crippen molar-refractivity contribution in [3.63, 3.8) is 0 Å². The maximum absolute atomic E-state index is 12.4. The van der Waals surface area contributed by atoms with Gasteiger partial charge < -0.3 is 14.8 Å². The lowest BCUT2D eigenvalue weighted by molar-refractivity contribution is -0.121. The van der Waals surface area contributed by atoms with Crippen molar-refractivity contribution in [3.8, 4) is 29.9 Å². The quantitative estimate of drug-likeness (QED) is 0.703. The molecule has 0 radical (unpaired) electrons. The number of hydrogen-bond donors (Lipinski definition) is 1. The van der Waals surface area contributed by atoms with Crippen LogP contribution in [0.25, 0.3) is 0 Å². The van der Waals surface area contributed by atoms with Crippen molar-refractivity contribution in [2.75, 3.05) is 13.7 Å². The molecule has 0 bridgehead atoms. The summed E-state index contributed by atoms with van der Waals surface area (Å²) in [6.45, 7) is 0.163. The summed E-state index contributed by atoms with van der Waals surface area (Å²) in [5.74, 6) is 3.40. The molecule has 29 heavy (non-hydrogen) atoms. The molecule has 148 valence electrons. The molecule has 1 aliphatic rings. The van der Waals surface area contributed by atoms with Gasteiger partial charge in [-0.15, -0.1) is 6.42 Å². The molecule has 0 heterocycles. The Hall–Kier alpha value is -3.44. The number of nitriles is 1. The van der Waals surface area contributed by atoms with Crippen molar-refractivity contribution < 1.29 is 14.3 Å². The fourth-order valence-electron chi connectivity index (χ4n) is 3.56. The van der Waals surface area contributed by atoms with Gasteiger partial charge in [-0.25, -0.2) is 0 Å². The number of terminal acetylenes is 1. The van der Waals surface area contributed by atoms with Gasteiger partial charge in [0.2, 0.25) is 5.91 Å². The van der Waals surface area contributed by atoms with Crippen LogP contribution in [0.15, 0.2) is 36.4 Å². The van der Waals surface area contributed by atoms with Crippen LogP contribution in [0.2, 0.25) is 0 Å². The molecule has 3 rings (SSSR count). The highest BCUT2D eigenvalue weighted by molar-refractivity contribution is 5.77. The van der Waals surface area contributed by atoms with Crippen LogP contribution in [-0.2, 0) is 24.1 Å². The van der Waals surface area contributed by atoms with E-state index in [9.17, 15) is 10.1 Å². The van der Waals surface area contributed by atoms with E-state index in [-0.39, 0.29) is 18.9 Å². The topological polar surface area (TPSA) is 71.3 Å². The summed E-state index contributed by atoms with van der Waals surface area (Å²) < 4.78 is 10.8. The van der Waals surface area contributed by atoms with Gasteiger partial charge in [0.1, 0.15) is 12.6 Å². The number of hydrogen-bond acceptors (Lipinski definition) is 4. The fraction of sp³-hybridized carbons (Fsp3) is 0.333. The van der Waals surface area contributed by atoms with E-state index in [2.05, 4.69) is 29.4 Å². The molecule has 0 spiro atoms. The molecule has 0 aliphatic heterocycles. The Morgan fingerprint density at radius 2 is 2.03 bits per heavy atom. The Morgan fingerprint density at radius 1 is 1.21 bits per heavy atom. The number of benzene rings is 2. The van der Waals surface area contributed by atoms with Gasteiger partial charge in [-0.2, -0.15) is 5.26 Å². The third kappa shape index (κ3) is 5.09. The van der Waals surface area contributed by atoms with Crippen LogP contribution in [-0.4, -0.2) is 19.6 Å². The molecule has 0 aromatic heterocycles. The van der Waals surface area contributed by atoms with Crippen LogP contribution < -0.4 is 14.8 Å². The molecule has 1 N–H and O–H groups in total. The van der Waals surface area contributed by atoms with Crippen molar-refractivity contribution in [2.24, 2.45) is 0 Å². The average molecular weight is 388 g/mol. The fourth-order valence-corrected chi connectivity index (χ4v) is 3.56. The molecule has 5 nitrogen and oxygen atoms in total. The lowest BCUT2D eigenvalue weighted by Crippen LogP contribution is -2.27. The summed E-state index contributed by atoms with van der Waals surface area (Å²) in [5.41, 5.74) is 4.42. The zero-order valence-corrected chi connectivity index (χ0v) is 16.5. The number of nitrogens with zero attached hydrogens (tertiary/aromatic N) is 1. The summed E-state index contributed by atoms with van der Waals surface area (Å²) in [6.07, 6.45) is 9.30. The number of fused-ring (bicyclic) bond motifs is 1. The van der Waals surface area contributed by atoms with Crippen molar-refractivity contribution >= 4 is 5.91 Å². The Balaban J connectivity index is 1.59. The number of carbonyl (C=O) groups is 1. The van der Waals surface area contributed by atoms with Gasteiger partial charge in [0.15, 0.2) is 11.5 Å². The van der Waals surface area contributed by atoms with E-state index in [1.165, 1.54) is 11.1 Å². The molecule has 2 aromatic carbocycles. The number of methoxy groups -OCH3 is 1. The first-order chi connectivity index (χ1) is 14.1. The SMILES string of the molecule is C#CCOc1ccc(CCC(=O)NC(C#N)c2ccc3c(c2)CCC3)cc1OC. The number of nitrogens with one attached hydrogen (secondary N) is 1. The van der Waals surface area contributed by atoms with Crippen molar-refractivity contribution in [3.05, 3.63) is 58.7 Å². The minimum Gasteiger partial charge on any atom is -0.493 e. The summed E-state index contributed by atoms with van der Waals surface area (Å²) in [4.78, 5) is 12.4. The Labute approximate surface area is 171 Å². The summed E-state index contributed by atoms with van der Waals surface area (Å²) >= 11 is 0.